The SMILES string of the molecule is CC(C)(C)C(O)OCn1ccc2c(Cl)ncnc21. The van der Waals surface area contributed by atoms with E-state index in [4.69, 9.17) is 16.3 Å². The number of aliphatic hydroxyl groups excluding tert-OH is 1. The van der Waals surface area contributed by atoms with Crippen LogP contribution in [0.1, 0.15) is 20.8 Å². The summed E-state index contributed by atoms with van der Waals surface area (Å²) in [5, 5.41) is 11.0. The molecular formula is C12H16ClN3O2. The molecule has 0 aliphatic carbocycles. The van der Waals surface area contributed by atoms with Crippen LogP contribution < -0.4 is 0 Å². The van der Waals surface area contributed by atoms with Crippen molar-refractivity contribution in [1.29, 1.82) is 0 Å². The van der Waals surface area contributed by atoms with E-state index in [1.165, 1.54) is 6.33 Å². The van der Waals surface area contributed by atoms with Gasteiger partial charge < -0.3 is 14.4 Å². The zero-order chi connectivity index (χ0) is 13.3. The van der Waals surface area contributed by atoms with Crippen molar-refractivity contribution in [3.8, 4) is 0 Å². The van der Waals surface area contributed by atoms with Crippen molar-refractivity contribution in [2.75, 3.05) is 0 Å². The van der Waals surface area contributed by atoms with Crippen LogP contribution in [-0.2, 0) is 11.5 Å². The van der Waals surface area contributed by atoms with E-state index < -0.39 is 6.29 Å². The van der Waals surface area contributed by atoms with Gasteiger partial charge in [0.1, 0.15) is 23.9 Å². The average Bonchev–Trinajstić information content (AvgIpc) is 2.69. The summed E-state index contributed by atoms with van der Waals surface area (Å²) in [6.07, 6.45) is 2.37. The molecule has 1 unspecified atom stereocenters. The number of aliphatic hydroxyl groups is 1. The first-order valence-electron chi connectivity index (χ1n) is 5.64. The molecule has 0 aromatic carbocycles. The second-order valence-corrected chi connectivity index (χ2v) is 5.56. The highest BCUT2D eigenvalue weighted by molar-refractivity contribution is 6.33. The van der Waals surface area contributed by atoms with E-state index in [1.54, 1.807) is 10.8 Å². The highest BCUT2D eigenvalue weighted by Gasteiger charge is 2.23. The third-order valence-corrected chi connectivity index (χ3v) is 2.92. The predicted octanol–water partition coefficient (Wildman–Crippen LogP) is 2.42. The van der Waals surface area contributed by atoms with E-state index in [2.05, 4.69) is 9.97 Å². The summed E-state index contributed by atoms with van der Waals surface area (Å²) in [4.78, 5) is 8.05. The fraction of sp³-hybridized carbons (Fsp3) is 0.500. The zero-order valence-corrected chi connectivity index (χ0v) is 11.3. The van der Waals surface area contributed by atoms with Gasteiger partial charge in [0, 0.05) is 11.6 Å². The molecule has 0 spiro atoms. The summed E-state index contributed by atoms with van der Waals surface area (Å²) in [6, 6.07) is 1.82. The number of ether oxygens (including phenoxy) is 1. The van der Waals surface area contributed by atoms with Crippen LogP contribution >= 0.6 is 11.6 Å². The smallest absolute Gasteiger partial charge is 0.161 e. The minimum Gasteiger partial charge on any atom is -0.367 e. The van der Waals surface area contributed by atoms with E-state index in [0.29, 0.717) is 10.8 Å². The maximum atomic E-state index is 9.82. The molecule has 1 N–H and O–H groups in total. The Morgan fingerprint density at radius 2 is 2.17 bits per heavy atom. The second kappa shape index (κ2) is 4.84. The molecule has 5 nitrogen and oxygen atoms in total. The van der Waals surface area contributed by atoms with Crippen LogP contribution in [0.5, 0.6) is 0 Å². The Morgan fingerprint density at radius 3 is 2.83 bits per heavy atom. The van der Waals surface area contributed by atoms with Gasteiger partial charge >= 0.3 is 0 Å². The van der Waals surface area contributed by atoms with Crippen molar-refractivity contribution in [2.45, 2.75) is 33.8 Å². The first-order chi connectivity index (χ1) is 8.39. The molecule has 0 bridgehead atoms. The highest BCUT2D eigenvalue weighted by atomic mass is 35.5. The standard InChI is InChI=1S/C12H16ClN3O2/c1-12(2,3)11(17)18-7-16-5-4-8-9(13)14-6-15-10(8)16/h4-6,11,17H,7H2,1-3H3. The first kappa shape index (κ1) is 13.3. The molecule has 0 fully saturated rings. The summed E-state index contributed by atoms with van der Waals surface area (Å²) in [7, 11) is 0. The molecule has 0 saturated heterocycles. The number of hydrogen-bond donors (Lipinski definition) is 1. The van der Waals surface area contributed by atoms with Crippen molar-refractivity contribution in [3.05, 3.63) is 23.7 Å². The van der Waals surface area contributed by atoms with Gasteiger partial charge in [-0.25, -0.2) is 9.97 Å². The lowest BCUT2D eigenvalue weighted by atomic mass is 9.96. The average molecular weight is 270 g/mol. The molecule has 0 aliphatic rings. The second-order valence-electron chi connectivity index (χ2n) is 5.20. The summed E-state index contributed by atoms with van der Waals surface area (Å²) in [6.45, 7) is 5.94. The fourth-order valence-electron chi connectivity index (χ4n) is 1.48. The Labute approximate surface area is 110 Å². The first-order valence-corrected chi connectivity index (χ1v) is 6.02. The largest absolute Gasteiger partial charge is 0.367 e. The molecule has 0 aliphatic heterocycles. The van der Waals surface area contributed by atoms with Crippen molar-refractivity contribution in [3.63, 3.8) is 0 Å². The zero-order valence-electron chi connectivity index (χ0n) is 10.6. The Morgan fingerprint density at radius 1 is 1.44 bits per heavy atom. The van der Waals surface area contributed by atoms with Crippen LogP contribution in [0.3, 0.4) is 0 Å². The van der Waals surface area contributed by atoms with Crippen LogP contribution in [0.15, 0.2) is 18.6 Å². The Kier molecular flexibility index (Phi) is 3.56. The van der Waals surface area contributed by atoms with Crippen molar-refractivity contribution in [1.82, 2.24) is 14.5 Å². The molecule has 0 amide bonds. The van der Waals surface area contributed by atoms with Crippen LogP contribution in [0.4, 0.5) is 0 Å². The molecule has 0 saturated carbocycles. The van der Waals surface area contributed by atoms with E-state index in [0.717, 1.165) is 5.39 Å². The molecule has 2 aromatic heterocycles. The summed E-state index contributed by atoms with van der Waals surface area (Å²) >= 11 is 5.95. The maximum Gasteiger partial charge on any atom is 0.161 e. The topological polar surface area (TPSA) is 60.2 Å². The predicted molar refractivity (Wildman–Crippen MR) is 69.1 cm³/mol. The van der Waals surface area contributed by atoms with Gasteiger partial charge in [0.05, 0.1) is 5.39 Å². The maximum absolute atomic E-state index is 9.82. The van der Waals surface area contributed by atoms with Gasteiger partial charge in [-0.05, 0) is 6.07 Å². The lowest BCUT2D eigenvalue weighted by Gasteiger charge is -2.25. The monoisotopic (exact) mass is 269 g/mol. The summed E-state index contributed by atoms with van der Waals surface area (Å²) in [5.74, 6) is 0. The van der Waals surface area contributed by atoms with Crippen molar-refractivity contribution < 1.29 is 9.84 Å². The third-order valence-electron chi connectivity index (χ3n) is 2.62. The fourth-order valence-corrected chi connectivity index (χ4v) is 1.67. The van der Waals surface area contributed by atoms with E-state index in [-0.39, 0.29) is 12.1 Å². The van der Waals surface area contributed by atoms with Crippen LogP contribution in [0.2, 0.25) is 5.15 Å². The van der Waals surface area contributed by atoms with Crippen LogP contribution in [0, 0.1) is 5.41 Å². The molecule has 2 heterocycles. The Balaban J connectivity index is 2.16. The van der Waals surface area contributed by atoms with Crippen molar-refractivity contribution >= 4 is 22.6 Å². The van der Waals surface area contributed by atoms with E-state index >= 15 is 0 Å². The number of rotatable bonds is 3. The van der Waals surface area contributed by atoms with Gasteiger partial charge in [0.25, 0.3) is 0 Å². The number of nitrogens with zero attached hydrogens (tertiary/aromatic N) is 3. The minimum atomic E-state index is -0.841. The molecule has 0 radical (unpaired) electrons. The van der Waals surface area contributed by atoms with Gasteiger partial charge in [0.2, 0.25) is 0 Å². The molecular weight excluding hydrogens is 254 g/mol. The normalized spacial score (nSPS) is 14.1. The Hall–Kier alpha value is -1.17. The highest BCUT2D eigenvalue weighted by Crippen LogP contribution is 2.22. The van der Waals surface area contributed by atoms with Gasteiger partial charge in [0.15, 0.2) is 6.29 Å². The van der Waals surface area contributed by atoms with E-state index in [1.807, 2.05) is 26.8 Å². The molecule has 98 valence electrons. The van der Waals surface area contributed by atoms with Gasteiger partial charge in [-0.1, -0.05) is 32.4 Å². The van der Waals surface area contributed by atoms with E-state index in [9.17, 15) is 5.11 Å². The van der Waals surface area contributed by atoms with Gasteiger partial charge in [-0.2, -0.15) is 0 Å². The number of halogens is 1. The van der Waals surface area contributed by atoms with Crippen molar-refractivity contribution in [2.24, 2.45) is 5.41 Å². The third kappa shape index (κ3) is 2.63. The Bertz CT molecular complexity index is 548. The lowest BCUT2D eigenvalue weighted by molar-refractivity contribution is -0.178. The summed E-state index contributed by atoms with van der Waals surface area (Å²) in [5.41, 5.74) is 0.367. The molecule has 6 heteroatoms. The van der Waals surface area contributed by atoms with Crippen LogP contribution in [-0.4, -0.2) is 25.9 Å². The lowest BCUT2D eigenvalue weighted by Crippen LogP contribution is -2.29. The van der Waals surface area contributed by atoms with Crippen LogP contribution in [0.25, 0.3) is 11.0 Å². The molecule has 18 heavy (non-hydrogen) atoms. The molecule has 1 atom stereocenters. The summed E-state index contributed by atoms with van der Waals surface area (Å²) < 4.78 is 7.19. The van der Waals surface area contributed by atoms with Gasteiger partial charge in [-0.3, -0.25) is 0 Å². The number of aromatic nitrogens is 3. The minimum absolute atomic E-state index is 0.218. The number of fused-ring (bicyclic) bond motifs is 1. The van der Waals surface area contributed by atoms with Gasteiger partial charge in [-0.15, -0.1) is 0 Å². The quantitative estimate of drug-likeness (QED) is 0.687. The molecule has 2 rings (SSSR count). The molecule has 2 aromatic rings. The number of hydrogen-bond acceptors (Lipinski definition) is 4.